The Labute approximate surface area is 188 Å². The molecule has 4 nitrogen and oxygen atoms in total. The highest BCUT2D eigenvalue weighted by molar-refractivity contribution is 7.80. The Kier molecular flexibility index (Phi) is 5.87. The molecule has 1 aliphatic heterocycles. The van der Waals surface area contributed by atoms with Gasteiger partial charge in [-0.25, -0.2) is 0 Å². The van der Waals surface area contributed by atoms with Crippen LogP contribution in [0.3, 0.4) is 0 Å². The van der Waals surface area contributed by atoms with Crippen molar-refractivity contribution in [2.45, 2.75) is 19.9 Å². The topological polar surface area (TPSA) is 41.6 Å². The van der Waals surface area contributed by atoms with Crippen LogP contribution in [0.5, 0.6) is 11.5 Å². The fraction of sp³-hybridized carbons (Fsp3) is 0.154. The number of allylic oxidation sites excluding steroid dienone is 1. The summed E-state index contributed by atoms with van der Waals surface area (Å²) in [6.07, 6.45) is 0. The molecule has 0 spiro atoms. The molecule has 0 amide bonds. The Morgan fingerprint density at radius 2 is 1.58 bits per heavy atom. The number of carbonyl (C=O) groups excluding carboxylic acids is 1. The maximum Gasteiger partial charge on any atom is 0.193 e. The van der Waals surface area contributed by atoms with Crippen LogP contribution in [-0.2, 0) is 0 Å². The predicted octanol–water partition coefficient (Wildman–Crippen LogP) is 5.81. The molecule has 0 bridgehead atoms. The Morgan fingerprint density at radius 1 is 0.935 bits per heavy atom. The highest BCUT2D eigenvalue weighted by Gasteiger charge is 2.32. The van der Waals surface area contributed by atoms with Gasteiger partial charge in [0.25, 0.3) is 0 Å². The first kappa shape index (κ1) is 20.8. The van der Waals surface area contributed by atoms with Crippen molar-refractivity contribution in [1.82, 2.24) is 10.2 Å². The molecular weight excluding hydrogens is 404 g/mol. The van der Waals surface area contributed by atoms with Gasteiger partial charge >= 0.3 is 0 Å². The van der Waals surface area contributed by atoms with Gasteiger partial charge in [0.2, 0.25) is 0 Å². The number of benzene rings is 3. The minimum absolute atomic E-state index is 0.00909. The lowest BCUT2D eigenvalue weighted by molar-refractivity contribution is 0.102. The van der Waals surface area contributed by atoms with E-state index in [9.17, 15) is 4.79 Å². The second-order valence-corrected chi connectivity index (χ2v) is 7.96. The Hall–Kier alpha value is -3.44. The number of aryl methyl sites for hydroxylation is 1. The lowest BCUT2D eigenvalue weighted by atomic mass is 9.89. The third-order valence-corrected chi connectivity index (χ3v) is 5.96. The number of thiocarbonyl (C=S) groups is 1. The highest BCUT2D eigenvalue weighted by atomic mass is 32.1. The Balaban J connectivity index is 1.67. The lowest BCUT2D eigenvalue weighted by Crippen LogP contribution is -2.45. The van der Waals surface area contributed by atoms with Gasteiger partial charge in [-0.15, -0.1) is 0 Å². The highest BCUT2D eigenvalue weighted by Crippen LogP contribution is 2.34. The molecule has 1 aliphatic rings. The third kappa shape index (κ3) is 4.23. The van der Waals surface area contributed by atoms with Gasteiger partial charge in [-0.2, -0.15) is 0 Å². The Bertz CT molecular complexity index is 1150. The molecule has 3 aromatic rings. The van der Waals surface area contributed by atoms with Crippen molar-refractivity contribution in [3.05, 3.63) is 107 Å². The van der Waals surface area contributed by atoms with Crippen molar-refractivity contribution in [1.29, 1.82) is 0 Å². The number of para-hydroxylation sites is 1. The summed E-state index contributed by atoms with van der Waals surface area (Å²) >= 11 is 5.51. The predicted molar refractivity (Wildman–Crippen MR) is 127 cm³/mol. The summed E-state index contributed by atoms with van der Waals surface area (Å²) < 4.78 is 6.02. The van der Waals surface area contributed by atoms with Gasteiger partial charge in [-0.1, -0.05) is 60.7 Å². The number of carbonyl (C=O) groups is 1. The van der Waals surface area contributed by atoms with E-state index in [-0.39, 0.29) is 11.8 Å². The van der Waals surface area contributed by atoms with E-state index in [1.807, 2.05) is 105 Å². The van der Waals surface area contributed by atoms with Crippen molar-refractivity contribution in [3.63, 3.8) is 0 Å². The van der Waals surface area contributed by atoms with E-state index >= 15 is 0 Å². The third-order valence-electron chi connectivity index (χ3n) is 5.57. The van der Waals surface area contributed by atoms with E-state index in [4.69, 9.17) is 17.0 Å². The molecule has 156 valence electrons. The average Bonchev–Trinajstić information content (AvgIpc) is 2.79. The van der Waals surface area contributed by atoms with Gasteiger partial charge < -0.3 is 15.0 Å². The molecule has 0 saturated heterocycles. The maximum absolute atomic E-state index is 13.4. The molecule has 1 atom stereocenters. The van der Waals surface area contributed by atoms with E-state index < -0.39 is 0 Å². The quantitative estimate of drug-likeness (QED) is 0.411. The first-order valence-corrected chi connectivity index (χ1v) is 10.5. The molecule has 31 heavy (non-hydrogen) atoms. The summed E-state index contributed by atoms with van der Waals surface area (Å²) in [6.45, 7) is 3.95. The first-order chi connectivity index (χ1) is 15.0. The van der Waals surface area contributed by atoms with Crippen molar-refractivity contribution in [2.75, 3.05) is 7.05 Å². The summed E-state index contributed by atoms with van der Waals surface area (Å²) in [5.74, 6) is 1.56. The van der Waals surface area contributed by atoms with Crippen LogP contribution in [0.25, 0.3) is 0 Å². The van der Waals surface area contributed by atoms with E-state index in [0.717, 1.165) is 28.3 Å². The van der Waals surface area contributed by atoms with Crippen LogP contribution in [0.1, 0.15) is 34.5 Å². The van der Waals surface area contributed by atoms with Crippen LogP contribution < -0.4 is 10.1 Å². The van der Waals surface area contributed by atoms with E-state index in [1.54, 1.807) is 0 Å². The molecule has 0 radical (unpaired) electrons. The van der Waals surface area contributed by atoms with Crippen LogP contribution in [0.2, 0.25) is 0 Å². The molecule has 5 heteroatoms. The largest absolute Gasteiger partial charge is 0.457 e. The summed E-state index contributed by atoms with van der Waals surface area (Å²) in [7, 11) is 1.87. The molecule has 1 N–H and O–H groups in total. The zero-order chi connectivity index (χ0) is 22.0. The summed E-state index contributed by atoms with van der Waals surface area (Å²) in [5, 5.41) is 3.92. The van der Waals surface area contributed by atoms with Gasteiger partial charge in [-0.3, -0.25) is 4.79 Å². The number of ether oxygens (including phenoxy) is 1. The fourth-order valence-electron chi connectivity index (χ4n) is 3.65. The maximum atomic E-state index is 13.4. The normalized spacial score (nSPS) is 16.2. The smallest absolute Gasteiger partial charge is 0.193 e. The summed E-state index contributed by atoms with van der Waals surface area (Å²) in [6, 6.07) is 24.7. The lowest BCUT2D eigenvalue weighted by Gasteiger charge is -2.36. The summed E-state index contributed by atoms with van der Waals surface area (Å²) in [4.78, 5) is 15.2. The Morgan fingerprint density at radius 3 is 2.26 bits per heavy atom. The van der Waals surface area contributed by atoms with Crippen molar-refractivity contribution >= 4 is 23.1 Å². The standard InChI is InChI=1S/C26H24N2O2S/c1-17-9-7-8-12-22(17)30-21-15-13-19(14-16-21)24-23(18(2)28(3)26(31)27-24)25(29)20-10-5-4-6-11-20/h4-16,24H,1-3H3,(H,27,31). The number of nitrogens with one attached hydrogen (secondary N) is 1. The van der Waals surface area contributed by atoms with Gasteiger partial charge in [-0.05, 0) is 55.4 Å². The molecule has 0 aliphatic carbocycles. The van der Waals surface area contributed by atoms with Crippen LogP contribution in [0.4, 0.5) is 0 Å². The van der Waals surface area contributed by atoms with Crippen LogP contribution in [-0.4, -0.2) is 22.8 Å². The fourth-order valence-corrected chi connectivity index (χ4v) is 3.91. The second-order valence-electron chi connectivity index (χ2n) is 7.57. The number of rotatable bonds is 5. The zero-order valence-electron chi connectivity index (χ0n) is 17.8. The van der Waals surface area contributed by atoms with Gasteiger partial charge in [0.1, 0.15) is 11.5 Å². The number of hydrogen-bond donors (Lipinski definition) is 1. The minimum atomic E-state index is -0.330. The van der Waals surface area contributed by atoms with Crippen LogP contribution in [0.15, 0.2) is 90.1 Å². The monoisotopic (exact) mass is 428 g/mol. The molecule has 3 aromatic carbocycles. The van der Waals surface area contributed by atoms with Crippen molar-refractivity contribution in [3.8, 4) is 11.5 Å². The molecule has 0 aromatic heterocycles. The SMILES string of the molecule is CC1=C(C(=O)c2ccccc2)C(c2ccc(Oc3ccccc3C)cc2)NC(=S)N1C. The average molecular weight is 429 g/mol. The first-order valence-electron chi connectivity index (χ1n) is 10.1. The number of nitrogens with zero attached hydrogens (tertiary/aromatic N) is 1. The van der Waals surface area contributed by atoms with E-state index in [0.29, 0.717) is 16.2 Å². The molecule has 1 heterocycles. The summed E-state index contributed by atoms with van der Waals surface area (Å²) in [5.41, 5.74) is 4.22. The van der Waals surface area contributed by atoms with Crippen LogP contribution in [0, 0.1) is 6.92 Å². The molecule has 1 unspecified atom stereocenters. The van der Waals surface area contributed by atoms with Crippen LogP contribution >= 0.6 is 12.2 Å². The zero-order valence-corrected chi connectivity index (χ0v) is 18.6. The van der Waals surface area contributed by atoms with E-state index in [2.05, 4.69) is 5.32 Å². The van der Waals surface area contributed by atoms with Gasteiger partial charge in [0.05, 0.1) is 6.04 Å². The number of hydrogen-bond acceptors (Lipinski definition) is 3. The van der Waals surface area contributed by atoms with E-state index in [1.165, 1.54) is 0 Å². The number of ketones is 1. The van der Waals surface area contributed by atoms with Gasteiger partial charge in [0, 0.05) is 23.9 Å². The molecule has 0 fully saturated rings. The van der Waals surface area contributed by atoms with Gasteiger partial charge in [0.15, 0.2) is 10.9 Å². The van der Waals surface area contributed by atoms with Crippen molar-refractivity contribution in [2.24, 2.45) is 0 Å². The number of Topliss-reactive ketones (excluding diaryl/α,β-unsaturated/α-hetero) is 1. The second kappa shape index (κ2) is 8.74. The van der Waals surface area contributed by atoms with Crippen molar-refractivity contribution < 1.29 is 9.53 Å². The molecule has 0 saturated carbocycles. The molecular formula is C26H24N2O2S. The minimum Gasteiger partial charge on any atom is -0.457 e. The molecule has 4 rings (SSSR count).